The Morgan fingerprint density at radius 3 is 2.70 bits per heavy atom. The van der Waals surface area contributed by atoms with Gasteiger partial charge in [-0.2, -0.15) is 0 Å². The van der Waals surface area contributed by atoms with Gasteiger partial charge in [0.2, 0.25) is 0 Å². The van der Waals surface area contributed by atoms with E-state index in [1.165, 1.54) is 0 Å². The molecule has 0 aliphatic carbocycles. The summed E-state index contributed by atoms with van der Waals surface area (Å²) >= 11 is 6.14. The van der Waals surface area contributed by atoms with Crippen LogP contribution in [0.5, 0.6) is 5.75 Å². The highest BCUT2D eigenvalue weighted by Crippen LogP contribution is 2.25. The van der Waals surface area contributed by atoms with E-state index in [0.717, 1.165) is 47.2 Å². The van der Waals surface area contributed by atoms with Crippen LogP contribution in [0, 0.1) is 6.92 Å². The Morgan fingerprint density at radius 2 is 1.95 bits per heavy atom. The molecule has 0 radical (unpaired) electrons. The molecular weight excluding hydrogens is 270 g/mol. The zero-order chi connectivity index (χ0) is 14.4. The third kappa shape index (κ3) is 3.91. The van der Waals surface area contributed by atoms with Gasteiger partial charge in [-0.1, -0.05) is 42.8 Å². The van der Waals surface area contributed by atoms with Crippen LogP contribution < -0.4 is 10.1 Å². The van der Waals surface area contributed by atoms with Crippen LogP contribution in [-0.2, 0) is 6.54 Å². The fourth-order valence-electron chi connectivity index (χ4n) is 1.89. The van der Waals surface area contributed by atoms with E-state index in [9.17, 15) is 0 Å². The molecule has 1 N–H and O–H groups in total. The van der Waals surface area contributed by atoms with Gasteiger partial charge in [-0.3, -0.25) is 0 Å². The molecule has 0 saturated heterocycles. The average molecular weight is 290 g/mol. The second-order valence-electron chi connectivity index (χ2n) is 4.78. The van der Waals surface area contributed by atoms with Crippen molar-refractivity contribution in [2.75, 3.05) is 11.9 Å². The molecule has 0 amide bonds. The van der Waals surface area contributed by atoms with Gasteiger partial charge in [0.25, 0.3) is 0 Å². The minimum Gasteiger partial charge on any atom is -0.491 e. The molecule has 0 heterocycles. The van der Waals surface area contributed by atoms with E-state index in [1.54, 1.807) is 0 Å². The Hall–Kier alpha value is -1.67. The van der Waals surface area contributed by atoms with Crippen molar-refractivity contribution in [3.63, 3.8) is 0 Å². The maximum Gasteiger partial charge on any atom is 0.142 e. The van der Waals surface area contributed by atoms with Gasteiger partial charge in [0.1, 0.15) is 5.75 Å². The first kappa shape index (κ1) is 14.7. The van der Waals surface area contributed by atoms with Crippen LogP contribution >= 0.6 is 11.6 Å². The molecule has 2 rings (SSSR count). The summed E-state index contributed by atoms with van der Waals surface area (Å²) in [6, 6.07) is 14.1. The molecule has 0 fully saturated rings. The van der Waals surface area contributed by atoms with Crippen LogP contribution in [0.2, 0.25) is 5.02 Å². The lowest BCUT2D eigenvalue weighted by atomic mass is 10.1. The summed E-state index contributed by atoms with van der Waals surface area (Å²) in [5, 5.41) is 4.21. The quantitative estimate of drug-likeness (QED) is 0.803. The van der Waals surface area contributed by atoms with Gasteiger partial charge >= 0.3 is 0 Å². The molecular formula is C17H20ClNO. The Morgan fingerprint density at radius 1 is 1.15 bits per heavy atom. The van der Waals surface area contributed by atoms with Crippen molar-refractivity contribution in [1.29, 1.82) is 0 Å². The largest absolute Gasteiger partial charge is 0.491 e. The summed E-state index contributed by atoms with van der Waals surface area (Å²) in [6.07, 6.45) is 1.00. The molecule has 20 heavy (non-hydrogen) atoms. The number of ether oxygens (including phenoxy) is 1. The number of hydrogen-bond acceptors (Lipinski definition) is 2. The lowest BCUT2D eigenvalue weighted by Gasteiger charge is -2.13. The number of para-hydroxylation sites is 2. The summed E-state index contributed by atoms with van der Waals surface area (Å²) in [4.78, 5) is 0. The van der Waals surface area contributed by atoms with Gasteiger partial charge in [-0.05, 0) is 42.7 Å². The van der Waals surface area contributed by atoms with Crippen LogP contribution in [0.15, 0.2) is 42.5 Å². The van der Waals surface area contributed by atoms with Crippen molar-refractivity contribution in [3.05, 3.63) is 58.6 Å². The van der Waals surface area contributed by atoms with Gasteiger partial charge in [-0.15, -0.1) is 0 Å². The molecule has 0 atom stereocenters. The Labute approximate surface area is 125 Å². The fourth-order valence-corrected chi connectivity index (χ4v) is 2.10. The SMILES string of the molecule is CCCOc1ccccc1NCc1ccc(C)c(Cl)c1. The predicted octanol–water partition coefficient (Wildman–Crippen LogP) is 5.05. The van der Waals surface area contributed by atoms with Crippen molar-refractivity contribution >= 4 is 17.3 Å². The zero-order valence-corrected chi connectivity index (χ0v) is 12.7. The molecule has 0 aliphatic heterocycles. The van der Waals surface area contributed by atoms with Crippen molar-refractivity contribution in [2.45, 2.75) is 26.8 Å². The lowest BCUT2D eigenvalue weighted by Crippen LogP contribution is -2.03. The molecule has 0 unspecified atom stereocenters. The summed E-state index contributed by atoms with van der Waals surface area (Å²) in [6.45, 7) is 5.57. The summed E-state index contributed by atoms with van der Waals surface area (Å²) < 4.78 is 5.73. The number of benzene rings is 2. The highest BCUT2D eigenvalue weighted by Gasteiger charge is 2.03. The van der Waals surface area contributed by atoms with E-state index in [4.69, 9.17) is 16.3 Å². The van der Waals surface area contributed by atoms with Crippen LogP contribution in [0.3, 0.4) is 0 Å². The monoisotopic (exact) mass is 289 g/mol. The first-order valence-electron chi connectivity index (χ1n) is 6.91. The van der Waals surface area contributed by atoms with Gasteiger partial charge in [0.05, 0.1) is 12.3 Å². The Bertz CT molecular complexity index is 569. The number of aryl methyl sites for hydroxylation is 1. The maximum atomic E-state index is 6.14. The van der Waals surface area contributed by atoms with Gasteiger partial charge in [-0.25, -0.2) is 0 Å². The second-order valence-corrected chi connectivity index (χ2v) is 5.19. The van der Waals surface area contributed by atoms with Crippen molar-refractivity contribution in [3.8, 4) is 5.75 Å². The van der Waals surface area contributed by atoms with E-state index < -0.39 is 0 Å². The molecule has 0 saturated carbocycles. The van der Waals surface area contributed by atoms with Gasteiger partial charge in [0.15, 0.2) is 0 Å². The highest BCUT2D eigenvalue weighted by atomic mass is 35.5. The molecule has 0 spiro atoms. The van der Waals surface area contributed by atoms with E-state index in [0.29, 0.717) is 0 Å². The molecule has 0 aromatic heterocycles. The number of anilines is 1. The molecule has 3 heteroatoms. The van der Waals surface area contributed by atoms with Crippen molar-refractivity contribution < 1.29 is 4.74 Å². The first-order chi connectivity index (χ1) is 9.70. The molecule has 2 aromatic carbocycles. The maximum absolute atomic E-state index is 6.14. The predicted molar refractivity (Wildman–Crippen MR) is 85.7 cm³/mol. The molecule has 0 bridgehead atoms. The van der Waals surface area contributed by atoms with Crippen LogP contribution in [0.1, 0.15) is 24.5 Å². The van der Waals surface area contributed by atoms with Gasteiger partial charge in [0, 0.05) is 11.6 Å². The number of nitrogens with one attached hydrogen (secondary N) is 1. The normalized spacial score (nSPS) is 10.3. The van der Waals surface area contributed by atoms with Gasteiger partial charge < -0.3 is 10.1 Å². The third-order valence-corrected chi connectivity index (χ3v) is 3.48. The Balaban J connectivity index is 2.04. The minimum atomic E-state index is 0.729. The first-order valence-corrected chi connectivity index (χ1v) is 7.29. The minimum absolute atomic E-state index is 0.729. The van der Waals surface area contributed by atoms with Crippen LogP contribution in [-0.4, -0.2) is 6.61 Å². The molecule has 2 aromatic rings. The highest BCUT2D eigenvalue weighted by molar-refractivity contribution is 6.31. The second kappa shape index (κ2) is 7.20. The average Bonchev–Trinajstić information content (AvgIpc) is 2.47. The van der Waals surface area contributed by atoms with Crippen LogP contribution in [0.4, 0.5) is 5.69 Å². The summed E-state index contributed by atoms with van der Waals surface area (Å²) in [5.41, 5.74) is 3.27. The molecule has 0 aliphatic rings. The van der Waals surface area contributed by atoms with E-state index in [-0.39, 0.29) is 0 Å². The van der Waals surface area contributed by atoms with Crippen LogP contribution in [0.25, 0.3) is 0 Å². The standard InChI is InChI=1S/C17H20ClNO/c1-3-10-20-17-7-5-4-6-16(17)19-12-14-9-8-13(2)15(18)11-14/h4-9,11,19H,3,10,12H2,1-2H3. The zero-order valence-electron chi connectivity index (χ0n) is 11.9. The van der Waals surface area contributed by atoms with Crippen molar-refractivity contribution in [2.24, 2.45) is 0 Å². The fraction of sp³-hybridized carbons (Fsp3) is 0.294. The number of rotatable bonds is 6. The number of halogens is 1. The molecule has 2 nitrogen and oxygen atoms in total. The lowest BCUT2D eigenvalue weighted by molar-refractivity contribution is 0.319. The van der Waals surface area contributed by atoms with Crippen molar-refractivity contribution in [1.82, 2.24) is 0 Å². The topological polar surface area (TPSA) is 21.3 Å². The Kier molecular flexibility index (Phi) is 5.31. The smallest absolute Gasteiger partial charge is 0.142 e. The van der Waals surface area contributed by atoms with E-state index in [1.807, 2.05) is 43.3 Å². The van der Waals surface area contributed by atoms with E-state index >= 15 is 0 Å². The molecule has 106 valence electrons. The number of hydrogen-bond donors (Lipinski definition) is 1. The van der Waals surface area contributed by atoms with E-state index in [2.05, 4.69) is 18.3 Å². The summed E-state index contributed by atoms with van der Waals surface area (Å²) in [7, 11) is 0. The summed E-state index contributed by atoms with van der Waals surface area (Å²) in [5.74, 6) is 0.896. The third-order valence-electron chi connectivity index (χ3n) is 3.07.